The predicted octanol–water partition coefficient (Wildman–Crippen LogP) is 0.977. The second-order valence-corrected chi connectivity index (χ2v) is 4.98. The fourth-order valence-corrected chi connectivity index (χ4v) is 1.84. The molecule has 0 radical (unpaired) electrons. The predicted molar refractivity (Wildman–Crippen MR) is 75.5 cm³/mol. The lowest BCUT2D eigenvalue weighted by Gasteiger charge is -2.20. The number of rotatable bonds is 5. The van der Waals surface area contributed by atoms with Gasteiger partial charge in [-0.3, -0.25) is 9.48 Å². The molecule has 0 bridgehead atoms. The van der Waals surface area contributed by atoms with Gasteiger partial charge in [-0.15, -0.1) is 0 Å². The Kier molecular flexibility index (Phi) is 4.84. The fraction of sp³-hybridized carbons (Fsp3) is 0.583. The molecule has 1 amide bonds. The van der Waals surface area contributed by atoms with Crippen LogP contribution >= 0.6 is 12.2 Å². The van der Waals surface area contributed by atoms with Gasteiger partial charge in [-0.1, -0.05) is 26.1 Å². The molecule has 2 N–H and O–H groups in total. The summed E-state index contributed by atoms with van der Waals surface area (Å²) in [7, 11) is 3.57. The summed E-state index contributed by atoms with van der Waals surface area (Å²) in [5.41, 5.74) is 7.03. The van der Waals surface area contributed by atoms with E-state index in [1.54, 1.807) is 22.8 Å². The van der Waals surface area contributed by atoms with Crippen LogP contribution in [0, 0.1) is 5.92 Å². The summed E-state index contributed by atoms with van der Waals surface area (Å²) < 4.78 is 1.66. The van der Waals surface area contributed by atoms with Gasteiger partial charge in [0, 0.05) is 32.8 Å². The average molecular weight is 268 g/mol. The van der Waals surface area contributed by atoms with E-state index in [9.17, 15) is 4.79 Å². The number of aromatic nitrogens is 2. The molecular formula is C12H20N4OS. The monoisotopic (exact) mass is 268 g/mol. The van der Waals surface area contributed by atoms with Gasteiger partial charge >= 0.3 is 0 Å². The molecule has 0 aromatic carbocycles. The third-order valence-electron chi connectivity index (χ3n) is 2.85. The number of hydrogen-bond acceptors (Lipinski definition) is 3. The van der Waals surface area contributed by atoms with Gasteiger partial charge in [0.05, 0.1) is 16.2 Å². The molecule has 1 aromatic rings. The van der Waals surface area contributed by atoms with E-state index in [2.05, 4.69) is 5.10 Å². The highest BCUT2D eigenvalue weighted by molar-refractivity contribution is 7.80. The lowest BCUT2D eigenvalue weighted by Crippen LogP contribution is -2.35. The van der Waals surface area contributed by atoms with Crippen molar-refractivity contribution in [1.82, 2.24) is 14.7 Å². The molecule has 1 rings (SSSR count). The maximum Gasteiger partial charge on any atom is 0.257 e. The first kappa shape index (κ1) is 14.6. The molecule has 18 heavy (non-hydrogen) atoms. The number of aryl methyl sites for hydroxylation is 2. The average Bonchev–Trinajstić information content (AvgIpc) is 2.69. The number of carbonyl (C=O) groups is 1. The van der Waals surface area contributed by atoms with Crippen molar-refractivity contribution in [2.45, 2.75) is 20.3 Å². The summed E-state index contributed by atoms with van der Waals surface area (Å²) in [5.74, 6) is -0.0289. The van der Waals surface area contributed by atoms with Crippen LogP contribution in [0.2, 0.25) is 0 Å². The Morgan fingerprint density at radius 2 is 2.28 bits per heavy atom. The van der Waals surface area contributed by atoms with E-state index in [4.69, 9.17) is 18.0 Å². The Labute approximate surface area is 113 Å². The number of carbonyl (C=O) groups excluding carboxylic acids is 1. The first-order valence-corrected chi connectivity index (χ1v) is 6.34. The summed E-state index contributed by atoms with van der Waals surface area (Å²) in [5, 5.41) is 4.27. The molecular weight excluding hydrogens is 248 g/mol. The minimum atomic E-state index is -0.0388. The van der Waals surface area contributed by atoms with Crippen molar-refractivity contribution in [3.63, 3.8) is 0 Å². The van der Waals surface area contributed by atoms with Crippen LogP contribution < -0.4 is 5.73 Å². The zero-order chi connectivity index (χ0) is 13.9. The van der Waals surface area contributed by atoms with Gasteiger partial charge in [0.25, 0.3) is 5.91 Å². The van der Waals surface area contributed by atoms with E-state index >= 15 is 0 Å². The molecule has 1 aromatic heterocycles. The minimum absolute atomic E-state index is 0.00991. The van der Waals surface area contributed by atoms with Crippen LogP contribution in [-0.2, 0) is 13.5 Å². The maximum atomic E-state index is 12.3. The second kappa shape index (κ2) is 5.95. The second-order valence-electron chi connectivity index (χ2n) is 4.51. The van der Waals surface area contributed by atoms with Crippen LogP contribution in [0.4, 0.5) is 0 Å². The molecule has 1 atom stereocenters. The van der Waals surface area contributed by atoms with E-state index in [0.717, 1.165) is 12.1 Å². The summed E-state index contributed by atoms with van der Waals surface area (Å²) in [6.07, 6.45) is 2.49. The van der Waals surface area contributed by atoms with Crippen molar-refractivity contribution < 1.29 is 4.79 Å². The number of nitrogens with zero attached hydrogens (tertiary/aromatic N) is 3. The zero-order valence-corrected chi connectivity index (χ0v) is 12.1. The van der Waals surface area contributed by atoms with Gasteiger partial charge in [0.2, 0.25) is 0 Å². The molecule has 6 heteroatoms. The molecule has 0 aliphatic carbocycles. The van der Waals surface area contributed by atoms with Gasteiger partial charge in [-0.25, -0.2) is 0 Å². The third-order valence-corrected chi connectivity index (χ3v) is 3.25. The van der Waals surface area contributed by atoms with Crippen molar-refractivity contribution in [1.29, 1.82) is 0 Å². The molecule has 0 aliphatic heterocycles. The van der Waals surface area contributed by atoms with E-state index in [1.165, 1.54) is 0 Å². The number of hydrogen-bond donors (Lipinski definition) is 1. The van der Waals surface area contributed by atoms with E-state index in [0.29, 0.717) is 17.1 Å². The highest BCUT2D eigenvalue weighted by atomic mass is 32.1. The summed E-state index contributed by atoms with van der Waals surface area (Å²) in [6, 6.07) is 0. The SMILES string of the molecule is CCc1nn(C)cc1C(=O)N(C)CC(C)C(N)=S. The molecule has 1 unspecified atom stereocenters. The van der Waals surface area contributed by atoms with Gasteiger partial charge in [-0.05, 0) is 6.42 Å². The first-order chi connectivity index (χ1) is 8.36. The topological polar surface area (TPSA) is 64.2 Å². The quantitative estimate of drug-likeness (QED) is 0.808. The zero-order valence-electron chi connectivity index (χ0n) is 11.3. The Morgan fingerprint density at radius 1 is 1.67 bits per heavy atom. The molecule has 0 aliphatic rings. The van der Waals surface area contributed by atoms with Gasteiger partial charge in [0.1, 0.15) is 0 Å². The van der Waals surface area contributed by atoms with Crippen molar-refractivity contribution in [2.75, 3.05) is 13.6 Å². The molecule has 0 saturated carbocycles. The van der Waals surface area contributed by atoms with Crippen LogP contribution in [-0.4, -0.2) is 39.2 Å². The van der Waals surface area contributed by atoms with Crippen molar-refractivity contribution >= 4 is 23.1 Å². The third kappa shape index (κ3) is 3.29. The Hall–Kier alpha value is -1.43. The normalized spacial score (nSPS) is 12.2. The van der Waals surface area contributed by atoms with E-state index in [-0.39, 0.29) is 11.8 Å². The van der Waals surface area contributed by atoms with Crippen molar-refractivity contribution in [3.8, 4) is 0 Å². The number of amides is 1. The van der Waals surface area contributed by atoms with Crippen LogP contribution in [0.15, 0.2) is 6.20 Å². The molecule has 0 spiro atoms. The maximum absolute atomic E-state index is 12.3. The van der Waals surface area contributed by atoms with Crippen LogP contribution in [0.3, 0.4) is 0 Å². The van der Waals surface area contributed by atoms with E-state index in [1.807, 2.05) is 20.9 Å². The Balaban J connectivity index is 2.83. The summed E-state index contributed by atoms with van der Waals surface area (Å²) in [4.78, 5) is 14.4. The first-order valence-electron chi connectivity index (χ1n) is 5.94. The van der Waals surface area contributed by atoms with Gasteiger partial charge in [-0.2, -0.15) is 5.10 Å². The standard InChI is InChI=1S/C12H20N4OS/c1-5-10-9(7-16(4)14-10)12(17)15(3)6-8(2)11(13)18/h7-8H,5-6H2,1-4H3,(H2,13,18). The molecule has 0 fully saturated rings. The fourth-order valence-electron chi connectivity index (χ4n) is 1.76. The van der Waals surface area contributed by atoms with Gasteiger partial charge < -0.3 is 10.6 Å². The minimum Gasteiger partial charge on any atom is -0.393 e. The smallest absolute Gasteiger partial charge is 0.257 e. The molecule has 100 valence electrons. The molecule has 5 nitrogen and oxygen atoms in total. The van der Waals surface area contributed by atoms with Crippen LogP contribution in [0.5, 0.6) is 0 Å². The lowest BCUT2D eigenvalue weighted by atomic mass is 10.1. The Bertz CT molecular complexity index is 455. The van der Waals surface area contributed by atoms with Crippen molar-refractivity contribution in [2.24, 2.45) is 18.7 Å². The highest BCUT2D eigenvalue weighted by Crippen LogP contribution is 2.11. The summed E-state index contributed by atoms with van der Waals surface area (Å²) in [6.45, 7) is 4.42. The van der Waals surface area contributed by atoms with Crippen LogP contribution in [0.25, 0.3) is 0 Å². The number of thiocarbonyl (C=S) groups is 1. The van der Waals surface area contributed by atoms with E-state index < -0.39 is 0 Å². The number of nitrogens with two attached hydrogens (primary N) is 1. The molecule has 0 saturated heterocycles. The largest absolute Gasteiger partial charge is 0.393 e. The molecule has 1 heterocycles. The Morgan fingerprint density at radius 3 is 2.78 bits per heavy atom. The van der Waals surface area contributed by atoms with Gasteiger partial charge in [0.15, 0.2) is 0 Å². The highest BCUT2D eigenvalue weighted by Gasteiger charge is 2.20. The van der Waals surface area contributed by atoms with Crippen molar-refractivity contribution in [3.05, 3.63) is 17.5 Å². The lowest BCUT2D eigenvalue weighted by molar-refractivity contribution is 0.0786. The summed E-state index contributed by atoms with van der Waals surface area (Å²) >= 11 is 4.92. The van der Waals surface area contributed by atoms with Crippen LogP contribution in [0.1, 0.15) is 29.9 Å².